The maximum atomic E-state index is 12.0. The lowest BCUT2D eigenvalue weighted by Crippen LogP contribution is -2.35. The molecule has 0 atom stereocenters. The number of carbonyl (C=O) groups is 1. The van der Waals surface area contributed by atoms with Gasteiger partial charge in [-0.1, -0.05) is 15.9 Å². The molecule has 1 aromatic rings. The molecule has 4 nitrogen and oxygen atoms in total. The van der Waals surface area contributed by atoms with Gasteiger partial charge in [0, 0.05) is 25.5 Å². The Kier molecular flexibility index (Phi) is 5.87. The minimum atomic E-state index is -0.143. The van der Waals surface area contributed by atoms with Gasteiger partial charge in [0.2, 0.25) is 5.22 Å². The highest BCUT2D eigenvalue weighted by atomic mass is 79.9. The van der Waals surface area contributed by atoms with Gasteiger partial charge in [-0.25, -0.2) is 0 Å². The van der Waals surface area contributed by atoms with Crippen molar-refractivity contribution < 1.29 is 13.9 Å². The number of rotatable bonds is 6. The number of methoxy groups -OCH3 is 1. The Morgan fingerprint density at radius 2 is 2.38 bits per heavy atom. The molecule has 0 radical (unpaired) electrons. The van der Waals surface area contributed by atoms with E-state index in [4.69, 9.17) is 20.8 Å². The highest BCUT2D eigenvalue weighted by Gasteiger charge is 2.19. The van der Waals surface area contributed by atoms with Gasteiger partial charge in [-0.2, -0.15) is 0 Å². The third-order valence-electron chi connectivity index (χ3n) is 2.06. The normalized spacial score (nSPS) is 10.4. The smallest absolute Gasteiger partial charge is 0.258 e. The van der Waals surface area contributed by atoms with E-state index in [0.29, 0.717) is 30.6 Å². The summed E-state index contributed by atoms with van der Waals surface area (Å²) in [7, 11) is 1.60. The average molecular weight is 311 g/mol. The molecule has 0 saturated carbocycles. The first-order valence-corrected chi connectivity index (χ1v) is 6.27. The van der Waals surface area contributed by atoms with Crippen LogP contribution in [0.5, 0.6) is 0 Å². The minimum absolute atomic E-state index is 0.127. The highest BCUT2D eigenvalue weighted by Crippen LogP contribution is 2.18. The predicted molar refractivity (Wildman–Crippen MR) is 65.3 cm³/mol. The zero-order chi connectivity index (χ0) is 12.0. The molecule has 0 aromatic carbocycles. The van der Waals surface area contributed by atoms with Crippen molar-refractivity contribution in [1.29, 1.82) is 0 Å². The summed E-state index contributed by atoms with van der Waals surface area (Å²) in [6, 6.07) is 1.57. The fourth-order valence-electron chi connectivity index (χ4n) is 1.23. The minimum Gasteiger partial charge on any atom is -0.452 e. The van der Waals surface area contributed by atoms with E-state index >= 15 is 0 Å². The highest BCUT2D eigenvalue weighted by molar-refractivity contribution is 9.09. The molecule has 0 fully saturated rings. The number of alkyl halides is 1. The summed E-state index contributed by atoms with van der Waals surface area (Å²) < 4.78 is 9.84. The van der Waals surface area contributed by atoms with E-state index in [1.165, 1.54) is 6.26 Å². The van der Waals surface area contributed by atoms with Crippen molar-refractivity contribution in [2.75, 3.05) is 32.1 Å². The summed E-state index contributed by atoms with van der Waals surface area (Å²) in [4.78, 5) is 13.7. The Hall–Kier alpha value is -0.520. The lowest BCUT2D eigenvalue weighted by Gasteiger charge is -2.20. The van der Waals surface area contributed by atoms with Crippen LogP contribution in [0.4, 0.5) is 0 Å². The van der Waals surface area contributed by atoms with Gasteiger partial charge in [-0.15, -0.1) is 0 Å². The summed E-state index contributed by atoms with van der Waals surface area (Å²) in [6.07, 6.45) is 1.40. The van der Waals surface area contributed by atoms with Crippen LogP contribution in [-0.2, 0) is 4.74 Å². The molecular weight excluding hydrogens is 297 g/mol. The monoisotopic (exact) mass is 309 g/mol. The maximum Gasteiger partial charge on any atom is 0.258 e. The zero-order valence-corrected chi connectivity index (χ0v) is 11.3. The van der Waals surface area contributed by atoms with E-state index in [0.717, 1.165) is 0 Å². The molecule has 0 spiro atoms. The Morgan fingerprint density at radius 1 is 1.62 bits per heavy atom. The summed E-state index contributed by atoms with van der Waals surface area (Å²) >= 11 is 9.06. The lowest BCUT2D eigenvalue weighted by atomic mass is 10.3. The van der Waals surface area contributed by atoms with E-state index < -0.39 is 0 Å². The van der Waals surface area contributed by atoms with Gasteiger partial charge >= 0.3 is 0 Å². The van der Waals surface area contributed by atoms with Crippen LogP contribution in [0.1, 0.15) is 10.4 Å². The number of carbonyl (C=O) groups excluding carboxylic acids is 1. The van der Waals surface area contributed by atoms with E-state index in [1.54, 1.807) is 18.1 Å². The molecule has 16 heavy (non-hydrogen) atoms. The maximum absolute atomic E-state index is 12.0. The summed E-state index contributed by atoms with van der Waals surface area (Å²) in [5.74, 6) is -0.143. The molecule has 1 rings (SSSR count). The first-order valence-electron chi connectivity index (χ1n) is 4.78. The molecule has 6 heteroatoms. The van der Waals surface area contributed by atoms with Gasteiger partial charge < -0.3 is 14.1 Å². The number of amides is 1. The van der Waals surface area contributed by atoms with E-state index in [-0.39, 0.29) is 11.1 Å². The quantitative estimate of drug-likeness (QED) is 0.758. The summed E-state index contributed by atoms with van der Waals surface area (Å²) in [6.45, 7) is 1.63. The van der Waals surface area contributed by atoms with E-state index in [1.807, 2.05) is 0 Å². The van der Waals surface area contributed by atoms with Crippen LogP contribution in [0.25, 0.3) is 0 Å². The number of ether oxygens (including phenoxy) is 1. The number of nitrogens with zero attached hydrogens (tertiary/aromatic N) is 1. The van der Waals surface area contributed by atoms with Gasteiger partial charge in [0.15, 0.2) is 0 Å². The molecule has 1 amide bonds. The van der Waals surface area contributed by atoms with Crippen molar-refractivity contribution in [3.8, 4) is 0 Å². The topological polar surface area (TPSA) is 42.7 Å². The van der Waals surface area contributed by atoms with Crippen LogP contribution >= 0.6 is 27.5 Å². The van der Waals surface area contributed by atoms with Gasteiger partial charge in [-0.05, 0) is 17.7 Å². The van der Waals surface area contributed by atoms with Crippen molar-refractivity contribution in [3.63, 3.8) is 0 Å². The fraction of sp³-hybridized carbons (Fsp3) is 0.500. The number of hydrogen-bond acceptors (Lipinski definition) is 3. The first-order chi connectivity index (χ1) is 7.70. The molecule has 0 aliphatic carbocycles. The SMILES string of the molecule is COCCN(CCBr)C(=O)c1ccoc1Cl. The van der Waals surface area contributed by atoms with Gasteiger partial charge in [0.05, 0.1) is 18.4 Å². The largest absolute Gasteiger partial charge is 0.452 e. The zero-order valence-electron chi connectivity index (χ0n) is 8.91. The molecule has 0 saturated heterocycles. The van der Waals surface area contributed by atoms with Crippen LogP contribution in [0, 0.1) is 0 Å². The van der Waals surface area contributed by atoms with Crippen LogP contribution in [0.3, 0.4) is 0 Å². The van der Waals surface area contributed by atoms with Crippen molar-refractivity contribution in [2.24, 2.45) is 0 Å². The van der Waals surface area contributed by atoms with Crippen LogP contribution < -0.4 is 0 Å². The Balaban J connectivity index is 2.70. The first kappa shape index (κ1) is 13.5. The van der Waals surface area contributed by atoms with Gasteiger partial charge in [-0.3, -0.25) is 4.79 Å². The number of hydrogen-bond donors (Lipinski definition) is 0. The second kappa shape index (κ2) is 6.93. The number of halogens is 2. The lowest BCUT2D eigenvalue weighted by molar-refractivity contribution is 0.0708. The molecule has 1 aromatic heterocycles. The third kappa shape index (κ3) is 3.50. The van der Waals surface area contributed by atoms with Crippen molar-refractivity contribution in [1.82, 2.24) is 4.90 Å². The van der Waals surface area contributed by atoms with Crippen LogP contribution in [0.2, 0.25) is 5.22 Å². The molecule has 0 aliphatic heterocycles. The molecule has 90 valence electrons. The molecule has 0 N–H and O–H groups in total. The molecule has 0 bridgehead atoms. The summed E-state index contributed by atoms with van der Waals surface area (Å²) in [5.41, 5.74) is 0.388. The Labute approximate surface area is 108 Å². The van der Waals surface area contributed by atoms with E-state index in [9.17, 15) is 4.79 Å². The van der Waals surface area contributed by atoms with Gasteiger partial charge in [0.1, 0.15) is 0 Å². The second-order valence-corrected chi connectivity index (χ2v) is 4.22. The fourth-order valence-corrected chi connectivity index (χ4v) is 1.86. The van der Waals surface area contributed by atoms with Crippen molar-refractivity contribution in [2.45, 2.75) is 0 Å². The Morgan fingerprint density at radius 3 is 2.88 bits per heavy atom. The number of furan rings is 1. The molecule has 1 heterocycles. The predicted octanol–water partition coefficient (Wildman–Crippen LogP) is 2.42. The Bertz CT molecular complexity index is 343. The third-order valence-corrected chi connectivity index (χ3v) is 2.70. The van der Waals surface area contributed by atoms with Crippen molar-refractivity contribution in [3.05, 3.63) is 23.1 Å². The summed E-state index contributed by atoms with van der Waals surface area (Å²) in [5, 5.41) is 0.833. The molecule has 0 aliphatic rings. The van der Waals surface area contributed by atoms with Crippen LogP contribution in [0.15, 0.2) is 16.7 Å². The van der Waals surface area contributed by atoms with Crippen LogP contribution in [-0.4, -0.2) is 42.9 Å². The second-order valence-electron chi connectivity index (χ2n) is 3.08. The standard InChI is InChI=1S/C10H13BrClNO3/c1-15-7-5-13(4-3-11)10(14)8-2-6-16-9(8)12/h2,6H,3-5,7H2,1H3. The van der Waals surface area contributed by atoms with Gasteiger partial charge in [0.25, 0.3) is 5.91 Å². The molecule has 0 unspecified atom stereocenters. The van der Waals surface area contributed by atoms with Crippen molar-refractivity contribution >= 4 is 33.4 Å². The van der Waals surface area contributed by atoms with E-state index in [2.05, 4.69) is 15.9 Å². The molecular formula is C10H13BrClNO3. The average Bonchev–Trinajstić information content (AvgIpc) is 2.69.